The van der Waals surface area contributed by atoms with Crippen LogP contribution in [0, 0.1) is 5.92 Å². The Morgan fingerprint density at radius 1 is 1.38 bits per heavy atom. The standard InChI is InChI=1S/C15H16ClF3N4O/c16-12-3-1-2-11(6-12)13-21-14(24-22-13)20-7-10-4-5-23(8-10)9-15(17,18)19/h1-3,6,10H,4-5,7-9H2,(H,20,21,22). The van der Waals surface area contributed by atoms with Crippen molar-refractivity contribution >= 4 is 17.6 Å². The van der Waals surface area contributed by atoms with Crippen LogP contribution in [0.4, 0.5) is 19.2 Å². The second-order valence-electron chi connectivity index (χ2n) is 5.82. The maximum atomic E-state index is 12.4. The van der Waals surface area contributed by atoms with Gasteiger partial charge in [-0.05, 0) is 31.0 Å². The van der Waals surface area contributed by atoms with E-state index in [-0.39, 0.29) is 11.9 Å². The van der Waals surface area contributed by atoms with E-state index in [2.05, 4.69) is 15.5 Å². The fourth-order valence-corrected chi connectivity index (χ4v) is 2.94. The third-order valence-corrected chi connectivity index (χ3v) is 4.06. The number of nitrogens with zero attached hydrogens (tertiary/aromatic N) is 3. The van der Waals surface area contributed by atoms with E-state index < -0.39 is 12.7 Å². The number of alkyl halides is 3. The number of nitrogens with one attached hydrogen (secondary N) is 1. The fourth-order valence-electron chi connectivity index (χ4n) is 2.75. The number of hydrogen-bond acceptors (Lipinski definition) is 5. The summed E-state index contributed by atoms with van der Waals surface area (Å²) in [5.41, 5.74) is 0.733. The van der Waals surface area contributed by atoms with Gasteiger partial charge in [-0.15, -0.1) is 0 Å². The molecular weight excluding hydrogens is 345 g/mol. The Kier molecular flexibility index (Phi) is 4.96. The van der Waals surface area contributed by atoms with Crippen molar-refractivity contribution in [3.05, 3.63) is 29.3 Å². The molecule has 9 heteroatoms. The lowest BCUT2D eigenvalue weighted by molar-refractivity contribution is -0.143. The highest BCUT2D eigenvalue weighted by Gasteiger charge is 2.34. The molecule has 1 N–H and O–H groups in total. The minimum Gasteiger partial charge on any atom is -0.337 e. The number of halogens is 4. The van der Waals surface area contributed by atoms with E-state index in [1.165, 1.54) is 4.90 Å². The number of benzene rings is 1. The molecule has 0 bridgehead atoms. The largest absolute Gasteiger partial charge is 0.401 e. The van der Waals surface area contributed by atoms with E-state index >= 15 is 0 Å². The van der Waals surface area contributed by atoms with Gasteiger partial charge in [-0.25, -0.2) is 0 Å². The summed E-state index contributed by atoms with van der Waals surface area (Å²) in [4.78, 5) is 5.63. The van der Waals surface area contributed by atoms with Crippen LogP contribution in [0.25, 0.3) is 11.4 Å². The van der Waals surface area contributed by atoms with E-state index in [0.717, 1.165) is 5.56 Å². The molecule has 2 aromatic rings. The Bertz CT molecular complexity index is 691. The van der Waals surface area contributed by atoms with Crippen molar-refractivity contribution in [1.82, 2.24) is 15.0 Å². The van der Waals surface area contributed by atoms with Gasteiger partial charge in [-0.2, -0.15) is 18.2 Å². The zero-order valence-electron chi connectivity index (χ0n) is 12.7. The van der Waals surface area contributed by atoms with Crippen LogP contribution in [0.3, 0.4) is 0 Å². The zero-order chi connectivity index (χ0) is 17.2. The average molecular weight is 361 g/mol. The van der Waals surface area contributed by atoms with Crippen LogP contribution in [0.1, 0.15) is 6.42 Å². The molecule has 0 spiro atoms. The predicted octanol–water partition coefficient (Wildman–Crippen LogP) is 3.69. The summed E-state index contributed by atoms with van der Waals surface area (Å²) in [6.45, 7) is 0.486. The van der Waals surface area contributed by atoms with E-state index in [9.17, 15) is 13.2 Å². The maximum absolute atomic E-state index is 12.4. The molecule has 1 aromatic heterocycles. The van der Waals surface area contributed by atoms with Crippen molar-refractivity contribution in [2.45, 2.75) is 12.6 Å². The molecule has 1 saturated heterocycles. The maximum Gasteiger partial charge on any atom is 0.401 e. The molecule has 1 aliphatic heterocycles. The van der Waals surface area contributed by atoms with E-state index in [0.29, 0.717) is 36.9 Å². The highest BCUT2D eigenvalue weighted by Crippen LogP contribution is 2.24. The molecule has 24 heavy (non-hydrogen) atoms. The molecule has 3 rings (SSSR count). The van der Waals surface area contributed by atoms with Gasteiger partial charge in [0, 0.05) is 23.7 Å². The Hall–Kier alpha value is -1.80. The van der Waals surface area contributed by atoms with Crippen molar-refractivity contribution in [2.75, 3.05) is 31.5 Å². The lowest BCUT2D eigenvalue weighted by atomic mass is 10.1. The van der Waals surface area contributed by atoms with E-state index in [4.69, 9.17) is 16.1 Å². The van der Waals surface area contributed by atoms with E-state index in [1.807, 2.05) is 6.07 Å². The van der Waals surface area contributed by atoms with Gasteiger partial charge in [0.05, 0.1) is 6.54 Å². The summed E-state index contributed by atoms with van der Waals surface area (Å²) in [5, 5.41) is 7.44. The van der Waals surface area contributed by atoms with Gasteiger partial charge >= 0.3 is 12.2 Å². The number of anilines is 1. The van der Waals surface area contributed by atoms with Gasteiger partial charge in [-0.1, -0.05) is 28.9 Å². The molecule has 1 aromatic carbocycles. The van der Waals surface area contributed by atoms with Gasteiger partial charge < -0.3 is 9.84 Å². The monoisotopic (exact) mass is 360 g/mol. The Morgan fingerprint density at radius 3 is 2.96 bits per heavy atom. The normalized spacial score (nSPS) is 18.9. The smallest absolute Gasteiger partial charge is 0.337 e. The average Bonchev–Trinajstić information content (AvgIpc) is 3.12. The van der Waals surface area contributed by atoms with Gasteiger partial charge in [0.15, 0.2) is 0 Å². The summed E-state index contributed by atoms with van der Waals surface area (Å²) in [6, 6.07) is 7.32. The summed E-state index contributed by atoms with van der Waals surface area (Å²) < 4.78 is 42.3. The van der Waals surface area contributed by atoms with Crippen LogP contribution in [0.2, 0.25) is 5.02 Å². The molecule has 1 aliphatic rings. The van der Waals surface area contributed by atoms with Crippen LogP contribution >= 0.6 is 11.6 Å². The molecule has 2 heterocycles. The van der Waals surface area contributed by atoms with Crippen molar-refractivity contribution in [1.29, 1.82) is 0 Å². The third kappa shape index (κ3) is 4.61. The summed E-state index contributed by atoms with van der Waals surface area (Å²) in [6.07, 6.45) is -3.45. The van der Waals surface area contributed by atoms with Gasteiger partial charge in [0.25, 0.3) is 0 Å². The summed E-state index contributed by atoms with van der Waals surface area (Å²) in [5.74, 6) is 0.527. The molecule has 1 atom stereocenters. The van der Waals surface area contributed by atoms with Crippen molar-refractivity contribution < 1.29 is 17.7 Å². The SMILES string of the molecule is FC(F)(F)CN1CCC(CNc2nc(-c3cccc(Cl)c3)no2)C1. The summed E-state index contributed by atoms with van der Waals surface area (Å²) in [7, 11) is 0. The molecule has 1 fully saturated rings. The number of rotatable bonds is 5. The lowest BCUT2D eigenvalue weighted by Crippen LogP contribution is -2.33. The number of likely N-dealkylation sites (tertiary alicyclic amines) is 1. The Labute approximate surface area is 141 Å². The molecule has 5 nitrogen and oxygen atoms in total. The Morgan fingerprint density at radius 2 is 2.21 bits per heavy atom. The van der Waals surface area contributed by atoms with Crippen molar-refractivity contribution in [3.63, 3.8) is 0 Å². The first-order chi connectivity index (χ1) is 11.4. The van der Waals surface area contributed by atoms with Crippen LogP contribution in [0.15, 0.2) is 28.8 Å². The number of hydrogen-bond donors (Lipinski definition) is 1. The van der Waals surface area contributed by atoms with Crippen LogP contribution in [-0.4, -0.2) is 47.4 Å². The molecule has 0 radical (unpaired) electrons. The topological polar surface area (TPSA) is 54.2 Å². The van der Waals surface area contributed by atoms with Crippen molar-refractivity contribution in [3.8, 4) is 11.4 Å². The Balaban J connectivity index is 1.51. The highest BCUT2D eigenvalue weighted by molar-refractivity contribution is 6.30. The first-order valence-electron chi connectivity index (χ1n) is 7.52. The van der Waals surface area contributed by atoms with Crippen LogP contribution in [0.5, 0.6) is 0 Å². The van der Waals surface area contributed by atoms with Crippen LogP contribution < -0.4 is 5.32 Å². The van der Waals surface area contributed by atoms with Gasteiger partial charge in [0.1, 0.15) is 0 Å². The minimum atomic E-state index is -4.15. The molecular formula is C15H16ClF3N4O. The van der Waals surface area contributed by atoms with E-state index in [1.54, 1.807) is 18.2 Å². The number of aromatic nitrogens is 2. The predicted molar refractivity (Wildman–Crippen MR) is 83.8 cm³/mol. The van der Waals surface area contributed by atoms with Crippen molar-refractivity contribution in [2.24, 2.45) is 5.92 Å². The molecule has 0 amide bonds. The molecule has 1 unspecified atom stereocenters. The second-order valence-corrected chi connectivity index (χ2v) is 6.26. The molecule has 130 valence electrons. The minimum absolute atomic E-state index is 0.119. The van der Waals surface area contributed by atoms with Gasteiger partial charge in [0.2, 0.25) is 5.82 Å². The van der Waals surface area contributed by atoms with Gasteiger partial charge in [-0.3, -0.25) is 4.90 Å². The lowest BCUT2D eigenvalue weighted by Gasteiger charge is -2.17. The fraction of sp³-hybridized carbons (Fsp3) is 0.467. The molecule has 0 aliphatic carbocycles. The second kappa shape index (κ2) is 6.98. The summed E-state index contributed by atoms with van der Waals surface area (Å²) >= 11 is 5.92. The zero-order valence-corrected chi connectivity index (χ0v) is 13.4. The quantitative estimate of drug-likeness (QED) is 0.881. The van der Waals surface area contributed by atoms with Crippen LogP contribution in [-0.2, 0) is 0 Å². The third-order valence-electron chi connectivity index (χ3n) is 3.82. The first kappa shape index (κ1) is 17.0. The molecule has 0 saturated carbocycles. The highest BCUT2D eigenvalue weighted by atomic mass is 35.5. The first-order valence-corrected chi connectivity index (χ1v) is 7.89.